The van der Waals surface area contributed by atoms with Gasteiger partial charge in [-0.25, -0.2) is 8.91 Å². The summed E-state index contributed by atoms with van der Waals surface area (Å²) in [6.07, 6.45) is -2.77. The molecule has 152 valence electrons. The maximum Gasteiger partial charge on any atom is 0.522 e. The summed E-state index contributed by atoms with van der Waals surface area (Å²) in [4.78, 5) is 3.99. The van der Waals surface area contributed by atoms with E-state index in [9.17, 15) is 17.6 Å². The van der Waals surface area contributed by atoms with Gasteiger partial charge in [0.15, 0.2) is 11.6 Å². The summed E-state index contributed by atoms with van der Waals surface area (Å²) in [5.41, 5.74) is 0.105. The van der Waals surface area contributed by atoms with Crippen LogP contribution in [-0.4, -0.2) is 27.6 Å². The standard InChI is InChI=1S/C16H14Cl2F4N4O2/c17-13-10(5-1-2-7-28-16(20,21)22)11(19)12-14(24-15(18)25-26(12)13)23-8-9-4-3-6-27-9/h3-4,6H,1-2,5,7-8H2,(H,23,24,25). The molecule has 0 unspecified atom stereocenters. The van der Waals surface area contributed by atoms with Crippen molar-refractivity contribution in [2.75, 3.05) is 11.9 Å². The van der Waals surface area contributed by atoms with Gasteiger partial charge in [-0.3, -0.25) is 4.74 Å². The number of hydrogen-bond acceptors (Lipinski definition) is 5. The van der Waals surface area contributed by atoms with Gasteiger partial charge in [0, 0.05) is 5.56 Å². The largest absolute Gasteiger partial charge is 0.522 e. The van der Waals surface area contributed by atoms with E-state index in [1.54, 1.807) is 12.1 Å². The molecule has 0 aliphatic carbocycles. The van der Waals surface area contributed by atoms with E-state index < -0.39 is 18.8 Å². The monoisotopic (exact) mass is 440 g/mol. The molecule has 3 aromatic heterocycles. The van der Waals surface area contributed by atoms with Crippen LogP contribution in [0.1, 0.15) is 24.2 Å². The average molecular weight is 441 g/mol. The molecular formula is C16H14Cl2F4N4O2. The van der Waals surface area contributed by atoms with Gasteiger partial charge in [-0.2, -0.15) is 4.98 Å². The smallest absolute Gasteiger partial charge is 0.467 e. The van der Waals surface area contributed by atoms with Gasteiger partial charge in [-0.15, -0.1) is 18.3 Å². The number of alkyl halides is 3. The van der Waals surface area contributed by atoms with Crippen LogP contribution in [-0.2, 0) is 17.7 Å². The molecule has 0 amide bonds. The van der Waals surface area contributed by atoms with Crippen LogP contribution < -0.4 is 5.32 Å². The highest BCUT2D eigenvalue weighted by molar-refractivity contribution is 6.31. The minimum Gasteiger partial charge on any atom is -0.467 e. The number of hydrogen-bond donors (Lipinski definition) is 1. The van der Waals surface area contributed by atoms with Crippen molar-refractivity contribution >= 4 is 34.5 Å². The average Bonchev–Trinajstić information content (AvgIpc) is 3.21. The summed E-state index contributed by atoms with van der Waals surface area (Å²) in [5, 5.41) is 6.64. The van der Waals surface area contributed by atoms with E-state index in [4.69, 9.17) is 27.6 Å². The number of unbranched alkanes of at least 4 members (excludes halogenated alkanes) is 1. The van der Waals surface area contributed by atoms with E-state index in [1.807, 2.05) is 0 Å². The third-order valence-electron chi connectivity index (χ3n) is 3.83. The van der Waals surface area contributed by atoms with E-state index >= 15 is 0 Å². The van der Waals surface area contributed by atoms with Gasteiger partial charge in [0.05, 0.1) is 19.4 Å². The van der Waals surface area contributed by atoms with Crippen molar-refractivity contribution in [3.8, 4) is 0 Å². The minimum atomic E-state index is -4.69. The Morgan fingerprint density at radius 1 is 1.25 bits per heavy atom. The van der Waals surface area contributed by atoms with Crippen LogP contribution in [0.2, 0.25) is 10.4 Å². The number of nitrogens with one attached hydrogen (secondary N) is 1. The first-order valence-electron chi connectivity index (χ1n) is 8.15. The Hall–Kier alpha value is -2.04. The molecule has 0 radical (unpaired) electrons. The van der Waals surface area contributed by atoms with E-state index in [0.717, 1.165) is 4.52 Å². The molecular weight excluding hydrogens is 427 g/mol. The molecule has 0 aliphatic heterocycles. The number of fused-ring (bicyclic) bond motifs is 1. The first kappa shape index (κ1) is 20.7. The lowest BCUT2D eigenvalue weighted by Crippen LogP contribution is -2.14. The molecule has 0 fully saturated rings. The Morgan fingerprint density at radius 3 is 2.71 bits per heavy atom. The fourth-order valence-corrected chi connectivity index (χ4v) is 3.07. The van der Waals surface area contributed by atoms with Gasteiger partial charge >= 0.3 is 6.36 Å². The van der Waals surface area contributed by atoms with Crippen molar-refractivity contribution in [1.29, 1.82) is 0 Å². The molecule has 0 spiro atoms. The topological polar surface area (TPSA) is 64.6 Å². The van der Waals surface area contributed by atoms with E-state index in [2.05, 4.69) is 20.1 Å². The van der Waals surface area contributed by atoms with E-state index in [0.29, 0.717) is 5.76 Å². The first-order chi connectivity index (χ1) is 13.3. The lowest BCUT2D eigenvalue weighted by Gasteiger charge is -2.06. The first-order valence-corrected chi connectivity index (χ1v) is 8.91. The molecule has 0 aliphatic rings. The summed E-state index contributed by atoms with van der Waals surface area (Å²) < 4.78 is 60.9. The second kappa shape index (κ2) is 8.54. The van der Waals surface area contributed by atoms with Crippen LogP contribution >= 0.6 is 23.2 Å². The van der Waals surface area contributed by atoms with Gasteiger partial charge in [-0.05, 0) is 43.0 Å². The summed E-state index contributed by atoms with van der Waals surface area (Å²) in [6.45, 7) is -0.292. The van der Waals surface area contributed by atoms with Crippen molar-refractivity contribution in [3.63, 3.8) is 0 Å². The number of aromatic nitrogens is 3. The fraction of sp³-hybridized carbons (Fsp3) is 0.375. The number of rotatable bonds is 8. The van der Waals surface area contributed by atoms with Crippen molar-refractivity contribution in [2.45, 2.75) is 32.2 Å². The SMILES string of the molecule is Fc1c(CCCCOC(F)(F)F)c(Cl)n2nc(Cl)nc(NCc3ccco3)c12. The Balaban J connectivity index is 1.77. The van der Waals surface area contributed by atoms with Gasteiger partial charge in [0.2, 0.25) is 5.28 Å². The molecule has 0 bridgehead atoms. The maximum absolute atomic E-state index is 14.9. The Bertz CT molecular complexity index is 945. The normalized spacial score (nSPS) is 12.1. The molecule has 12 heteroatoms. The van der Waals surface area contributed by atoms with Crippen LogP contribution in [0.15, 0.2) is 22.8 Å². The predicted octanol–water partition coefficient (Wildman–Crippen LogP) is 5.24. The number of furan rings is 1. The zero-order chi connectivity index (χ0) is 20.3. The van der Waals surface area contributed by atoms with Gasteiger partial charge in [0.1, 0.15) is 16.4 Å². The van der Waals surface area contributed by atoms with E-state index in [-0.39, 0.29) is 53.1 Å². The molecule has 0 saturated carbocycles. The zero-order valence-electron chi connectivity index (χ0n) is 14.2. The third-order valence-corrected chi connectivity index (χ3v) is 4.38. The fourth-order valence-electron chi connectivity index (χ4n) is 2.61. The van der Waals surface area contributed by atoms with Crippen LogP contribution in [0, 0.1) is 5.82 Å². The second-order valence-corrected chi connectivity index (χ2v) is 6.45. The summed E-state index contributed by atoms with van der Waals surface area (Å²) in [6, 6.07) is 3.43. The van der Waals surface area contributed by atoms with Gasteiger partial charge in [0.25, 0.3) is 0 Å². The lowest BCUT2D eigenvalue weighted by molar-refractivity contribution is -0.324. The van der Waals surface area contributed by atoms with Crippen LogP contribution in [0.4, 0.5) is 23.4 Å². The predicted molar refractivity (Wildman–Crippen MR) is 93.9 cm³/mol. The number of anilines is 1. The van der Waals surface area contributed by atoms with Crippen LogP contribution in [0.5, 0.6) is 0 Å². The summed E-state index contributed by atoms with van der Waals surface area (Å²) in [7, 11) is 0. The molecule has 1 N–H and O–H groups in total. The second-order valence-electron chi connectivity index (χ2n) is 5.76. The van der Waals surface area contributed by atoms with Crippen molar-refractivity contribution in [2.24, 2.45) is 0 Å². The third kappa shape index (κ3) is 4.86. The highest BCUT2D eigenvalue weighted by Crippen LogP contribution is 2.31. The van der Waals surface area contributed by atoms with Crippen LogP contribution in [0.3, 0.4) is 0 Å². The molecule has 3 rings (SSSR count). The minimum absolute atomic E-state index is 0.0116. The quantitative estimate of drug-likeness (QED) is 0.383. The Kier molecular flexibility index (Phi) is 6.31. The molecule has 3 heterocycles. The molecule has 0 atom stereocenters. The van der Waals surface area contributed by atoms with E-state index in [1.165, 1.54) is 6.26 Å². The highest BCUT2D eigenvalue weighted by atomic mass is 35.5. The maximum atomic E-state index is 14.9. The number of nitrogens with zero attached hydrogens (tertiary/aromatic N) is 3. The number of halogens is 6. The molecule has 0 aromatic carbocycles. The molecule has 28 heavy (non-hydrogen) atoms. The summed E-state index contributed by atoms with van der Waals surface area (Å²) >= 11 is 12.1. The Morgan fingerprint density at radius 2 is 2.04 bits per heavy atom. The Labute approximate surface area is 166 Å². The molecule has 6 nitrogen and oxygen atoms in total. The number of ether oxygens (including phenoxy) is 1. The molecule has 0 saturated heterocycles. The van der Waals surface area contributed by atoms with Crippen molar-refractivity contribution < 1.29 is 26.7 Å². The van der Waals surface area contributed by atoms with Crippen molar-refractivity contribution in [1.82, 2.24) is 14.6 Å². The zero-order valence-corrected chi connectivity index (χ0v) is 15.7. The van der Waals surface area contributed by atoms with Crippen LogP contribution in [0.25, 0.3) is 5.52 Å². The lowest BCUT2D eigenvalue weighted by atomic mass is 10.1. The molecule has 3 aromatic rings. The van der Waals surface area contributed by atoms with Gasteiger partial charge < -0.3 is 9.73 Å². The summed E-state index contributed by atoms with van der Waals surface area (Å²) in [5.74, 6) is 0.0404. The van der Waals surface area contributed by atoms with Gasteiger partial charge in [-0.1, -0.05) is 11.6 Å². The van der Waals surface area contributed by atoms with Crippen molar-refractivity contribution in [3.05, 3.63) is 46.0 Å². The highest BCUT2D eigenvalue weighted by Gasteiger charge is 2.28.